The molecule has 0 N–H and O–H groups in total. The lowest BCUT2D eigenvalue weighted by molar-refractivity contribution is 0.590. The maximum atomic E-state index is 16.6. The molecule has 6 aromatic carbocycles. The van der Waals surface area contributed by atoms with E-state index in [1.54, 1.807) is 36.8 Å². The van der Waals surface area contributed by atoms with Crippen LogP contribution in [0.1, 0.15) is 0 Å². The van der Waals surface area contributed by atoms with Crippen molar-refractivity contribution in [3.05, 3.63) is 219 Å². The van der Waals surface area contributed by atoms with Crippen LogP contribution in [0.3, 0.4) is 0 Å². The van der Waals surface area contributed by atoms with Gasteiger partial charge < -0.3 is 4.57 Å². The third kappa shape index (κ3) is 7.56. The van der Waals surface area contributed by atoms with E-state index >= 15 is 4.57 Å². The van der Waals surface area contributed by atoms with Gasteiger partial charge in [-0.3, -0.25) is 14.7 Å². The molecule has 0 saturated carbocycles. The van der Waals surface area contributed by atoms with Crippen molar-refractivity contribution in [2.75, 3.05) is 14.7 Å². The average Bonchev–Trinajstić information content (AvgIpc) is 3.31. The van der Waals surface area contributed by atoms with Crippen molar-refractivity contribution >= 4 is 75.4 Å². The normalized spacial score (nSPS) is 11.1. The van der Waals surface area contributed by atoms with Crippen molar-refractivity contribution in [2.45, 2.75) is 0 Å². The Morgan fingerprint density at radius 2 is 0.492 bits per heavy atom. The summed E-state index contributed by atoms with van der Waals surface area (Å²) in [4.78, 5) is 35.5. The van der Waals surface area contributed by atoms with Gasteiger partial charge in [0.2, 0.25) is 25.0 Å². The lowest BCUT2D eigenvalue weighted by atomic mass is 10.2. The molecule has 0 saturated heterocycles. The van der Waals surface area contributed by atoms with Crippen LogP contribution in [-0.2, 0) is 4.57 Å². The smallest absolute Gasteiger partial charge is 0.235 e. The highest BCUT2D eigenvalue weighted by molar-refractivity contribution is 7.84. The van der Waals surface area contributed by atoms with Crippen molar-refractivity contribution in [3.63, 3.8) is 0 Å². The summed E-state index contributed by atoms with van der Waals surface area (Å²) in [6.45, 7) is 0. The zero-order chi connectivity index (χ0) is 39.9. The number of hydrogen-bond acceptors (Lipinski definition) is 10. The fourth-order valence-corrected chi connectivity index (χ4v) is 9.05. The van der Waals surface area contributed by atoms with Gasteiger partial charge in [0, 0.05) is 52.7 Å². The van der Waals surface area contributed by atoms with Gasteiger partial charge in [-0.1, -0.05) is 109 Å². The van der Waals surface area contributed by atoms with Crippen LogP contribution in [0.25, 0.3) is 0 Å². The van der Waals surface area contributed by atoms with Crippen LogP contribution < -0.4 is 31.0 Å². The fourth-order valence-electron chi connectivity index (χ4n) is 6.82. The van der Waals surface area contributed by atoms with E-state index in [0.29, 0.717) is 17.8 Å². The Bertz CT molecular complexity index is 2390. The molecule has 3 aromatic heterocycles. The van der Waals surface area contributed by atoms with Crippen molar-refractivity contribution < 1.29 is 4.57 Å². The Morgan fingerprint density at radius 1 is 0.288 bits per heavy atom. The van der Waals surface area contributed by atoms with E-state index in [-0.39, 0.29) is 16.3 Å². The molecule has 0 aliphatic carbocycles. The number of nitrogens with zero attached hydrogens (tertiary/aromatic N) is 9. The van der Waals surface area contributed by atoms with Crippen LogP contribution in [0.15, 0.2) is 219 Å². The van der Waals surface area contributed by atoms with Crippen molar-refractivity contribution in [2.24, 2.45) is 0 Å². The molecule has 0 aliphatic heterocycles. The molecule has 11 heteroatoms. The maximum Gasteiger partial charge on any atom is 0.235 e. The van der Waals surface area contributed by atoms with Crippen LogP contribution >= 0.6 is 7.14 Å². The van der Waals surface area contributed by atoms with Crippen LogP contribution in [-0.4, -0.2) is 29.9 Å². The first kappa shape index (κ1) is 36.8. The molecule has 0 aliphatic rings. The summed E-state index contributed by atoms with van der Waals surface area (Å²) in [6.07, 6.45) is 4.90. The number of aromatic nitrogens is 6. The molecule has 0 atom stereocenters. The van der Waals surface area contributed by atoms with Crippen LogP contribution in [0.4, 0.5) is 52.0 Å². The van der Waals surface area contributed by atoms with Crippen molar-refractivity contribution in [1.82, 2.24) is 29.9 Å². The van der Waals surface area contributed by atoms with Gasteiger partial charge in [0.15, 0.2) is 0 Å². The summed E-state index contributed by atoms with van der Waals surface area (Å²) in [5.74, 6) is 0.984. The largest absolute Gasteiger partial charge is 0.304 e. The van der Waals surface area contributed by atoms with E-state index in [1.807, 2.05) is 197 Å². The van der Waals surface area contributed by atoms with Crippen molar-refractivity contribution in [3.8, 4) is 0 Å². The van der Waals surface area contributed by atoms with E-state index < -0.39 is 7.14 Å². The monoisotopic (exact) mass is 785 g/mol. The zero-order valence-corrected chi connectivity index (χ0v) is 32.6. The predicted molar refractivity (Wildman–Crippen MR) is 237 cm³/mol. The van der Waals surface area contributed by atoms with Gasteiger partial charge in [-0.05, 0) is 91.0 Å². The molecule has 284 valence electrons. The Balaban J connectivity index is 1.26. The Morgan fingerprint density at radius 3 is 0.695 bits per heavy atom. The molecule has 3 heterocycles. The summed E-state index contributed by atoms with van der Waals surface area (Å²) in [7, 11) is -4.06. The third-order valence-electron chi connectivity index (χ3n) is 9.54. The summed E-state index contributed by atoms with van der Waals surface area (Å²) in [6, 6.07) is 64.1. The van der Waals surface area contributed by atoms with Gasteiger partial charge in [0.1, 0.15) is 16.3 Å². The molecular weight excluding hydrogens is 750 g/mol. The number of benzene rings is 6. The van der Waals surface area contributed by atoms with Gasteiger partial charge in [0.05, 0.1) is 0 Å². The molecule has 0 fully saturated rings. The quantitative estimate of drug-likeness (QED) is 0.111. The average molecular weight is 786 g/mol. The lowest BCUT2D eigenvalue weighted by Crippen LogP contribution is -2.33. The molecule has 0 bridgehead atoms. The minimum atomic E-state index is -4.06. The van der Waals surface area contributed by atoms with Crippen molar-refractivity contribution in [1.29, 1.82) is 0 Å². The minimum Gasteiger partial charge on any atom is -0.304 e. The van der Waals surface area contributed by atoms with Gasteiger partial charge in [-0.2, -0.15) is 0 Å². The molecule has 10 nitrogen and oxygen atoms in total. The third-order valence-corrected chi connectivity index (χ3v) is 12.2. The zero-order valence-electron chi connectivity index (χ0n) is 31.7. The predicted octanol–water partition coefficient (Wildman–Crippen LogP) is 10.1. The van der Waals surface area contributed by atoms with E-state index in [9.17, 15) is 0 Å². The van der Waals surface area contributed by atoms with Gasteiger partial charge >= 0.3 is 0 Å². The number of hydrogen-bond donors (Lipinski definition) is 0. The second kappa shape index (κ2) is 16.7. The SMILES string of the molecule is O=P(c1ccnc(N(c2ccccc2)c2ccccc2)n1)(c1ccnc(N(c2ccccc2)c2ccccc2)n1)c1ccnc(N(c2ccccc2)c2ccccc2)n1. The van der Waals surface area contributed by atoms with E-state index in [2.05, 4.69) is 0 Å². The molecule has 9 rings (SSSR count). The molecule has 0 spiro atoms. The molecular formula is C48H36N9OP. The summed E-state index contributed by atoms with van der Waals surface area (Å²) in [5.41, 5.74) is 5.74. The second-order valence-corrected chi connectivity index (χ2v) is 15.9. The Kier molecular flexibility index (Phi) is 10.4. The second-order valence-electron chi connectivity index (χ2n) is 13.3. The molecule has 59 heavy (non-hydrogen) atoms. The number of anilines is 9. The molecule has 0 radical (unpaired) electrons. The van der Waals surface area contributed by atoms with E-state index in [0.717, 1.165) is 34.1 Å². The van der Waals surface area contributed by atoms with Crippen LogP contribution in [0.2, 0.25) is 0 Å². The first-order valence-corrected chi connectivity index (χ1v) is 20.7. The maximum absolute atomic E-state index is 16.6. The fraction of sp³-hybridized carbons (Fsp3) is 0. The Labute approximate surface area is 342 Å². The lowest BCUT2D eigenvalue weighted by Gasteiger charge is -2.26. The van der Waals surface area contributed by atoms with Crippen LogP contribution in [0.5, 0.6) is 0 Å². The highest BCUT2D eigenvalue weighted by Gasteiger charge is 2.37. The number of rotatable bonds is 12. The first-order chi connectivity index (χ1) is 29.2. The number of para-hydroxylation sites is 6. The topological polar surface area (TPSA) is 104 Å². The highest BCUT2D eigenvalue weighted by atomic mass is 31.2. The van der Waals surface area contributed by atoms with Gasteiger partial charge in [-0.25, -0.2) is 29.9 Å². The first-order valence-electron chi connectivity index (χ1n) is 19.0. The minimum absolute atomic E-state index is 0.241. The summed E-state index contributed by atoms with van der Waals surface area (Å²) < 4.78 is 16.6. The van der Waals surface area contributed by atoms with E-state index in [4.69, 9.17) is 29.9 Å². The molecule has 0 amide bonds. The van der Waals surface area contributed by atoms with Gasteiger partial charge in [-0.15, -0.1) is 0 Å². The highest BCUT2D eigenvalue weighted by Crippen LogP contribution is 2.43. The van der Waals surface area contributed by atoms with Crippen LogP contribution in [0, 0.1) is 0 Å². The van der Waals surface area contributed by atoms with Gasteiger partial charge in [0.25, 0.3) is 0 Å². The standard InChI is InChI=1S/C48H36N9OP/c58-59(43-31-34-49-46(52-43)55(37-19-7-1-8-20-37)38-21-9-2-10-22-38,44-32-35-50-47(53-44)56(39-23-11-3-12-24-39)40-25-13-4-14-26-40)45-33-36-51-48(54-45)57(41-27-15-5-16-28-41)42-29-17-6-18-30-42/h1-36H. The molecule has 0 unspecified atom stereocenters. The Hall–Kier alpha value is -7.81. The van der Waals surface area contributed by atoms with E-state index in [1.165, 1.54) is 0 Å². The molecule has 9 aromatic rings. The summed E-state index contributed by atoms with van der Waals surface area (Å²) >= 11 is 0. The summed E-state index contributed by atoms with van der Waals surface area (Å²) in [5, 5.41) is 0.